The van der Waals surface area contributed by atoms with Crippen molar-refractivity contribution in [1.82, 2.24) is 20.2 Å². The smallest absolute Gasteiger partial charge is 0.291 e. The number of hydrogen-bond donors (Lipinski definition) is 1. The van der Waals surface area contributed by atoms with E-state index in [2.05, 4.69) is 20.2 Å². The monoisotopic (exact) mass is 385 g/mol. The topological polar surface area (TPSA) is 61.4 Å². The molecule has 0 aliphatic carbocycles. The van der Waals surface area contributed by atoms with E-state index in [0.29, 0.717) is 5.56 Å². The maximum atomic E-state index is 14.0. The Hall–Kier alpha value is -2.54. The summed E-state index contributed by atoms with van der Waals surface area (Å²) in [6.45, 7) is 7.45. The number of rotatable bonds is 5. The molecule has 1 aliphatic rings. The minimum Gasteiger partial charge on any atom is -0.355 e. The Morgan fingerprint density at radius 1 is 1.29 bits per heavy atom. The summed E-state index contributed by atoms with van der Waals surface area (Å²) in [7, 11) is 3.39. The van der Waals surface area contributed by atoms with Crippen LogP contribution in [0, 0.1) is 19.7 Å². The minimum atomic E-state index is -0.202. The van der Waals surface area contributed by atoms with Crippen LogP contribution in [0.5, 0.6) is 0 Å². The molecule has 28 heavy (non-hydrogen) atoms. The van der Waals surface area contributed by atoms with E-state index in [4.69, 9.17) is 0 Å². The molecular formula is C21H28FN5O. The van der Waals surface area contributed by atoms with E-state index in [0.717, 1.165) is 36.6 Å². The fraction of sp³-hybridized carbons (Fsp3) is 0.476. The van der Waals surface area contributed by atoms with Crippen LogP contribution in [-0.2, 0) is 0 Å². The van der Waals surface area contributed by atoms with Crippen molar-refractivity contribution in [1.29, 1.82) is 0 Å². The van der Waals surface area contributed by atoms with Crippen molar-refractivity contribution in [2.45, 2.75) is 39.3 Å². The van der Waals surface area contributed by atoms with Gasteiger partial charge in [0.25, 0.3) is 5.91 Å². The number of amides is 1. The predicted octanol–water partition coefficient (Wildman–Crippen LogP) is 2.86. The van der Waals surface area contributed by atoms with Gasteiger partial charge in [0.15, 0.2) is 0 Å². The molecule has 1 aromatic heterocycles. The van der Waals surface area contributed by atoms with E-state index in [1.54, 1.807) is 20.2 Å². The highest BCUT2D eigenvalue weighted by molar-refractivity contribution is 5.90. The first-order valence-electron chi connectivity index (χ1n) is 9.60. The summed E-state index contributed by atoms with van der Waals surface area (Å²) in [6, 6.07) is 7.01. The highest BCUT2D eigenvalue weighted by atomic mass is 19.1. The number of aryl methyl sites for hydroxylation is 1. The van der Waals surface area contributed by atoms with E-state index in [9.17, 15) is 9.18 Å². The van der Waals surface area contributed by atoms with Gasteiger partial charge >= 0.3 is 0 Å². The summed E-state index contributed by atoms with van der Waals surface area (Å²) in [5.74, 6) is 0.637. The minimum absolute atomic E-state index is 0.0785. The largest absolute Gasteiger partial charge is 0.355 e. The van der Waals surface area contributed by atoms with Crippen molar-refractivity contribution in [2.75, 3.05) is 32.1 Å². The molecule has 1 aromatic carbocycles. The number of carbonyl (C=O) groups is 1. The van der Waals surface area contributed by atoms with Crippen LogP contribution in [0.15, 0.2) is 24.3 Å². The van der Waals surface area contributed by atoms with Gasteiger partial charge < -0.3 is 15.1 Å². The summed E-state index contributed by atoms with van der Waals surface area (Å²) in [4.78, 5) is 24.9. The summed E-state index contributed by atoms with van der Waals surface area (Å²) in [5.41, 5.74) is 2.47. The molecule has 3 rings (SSSR count). The second-order valence-electron chi connectivity index (χ2n) is 7.62. The Bertz CT molecular complexity index is 870. The lowest BCUT2D eigenvalue weighted by molar-refractivity contribution is 0.0815. The van der Waals surface area contributed by atoms with Crippen LogP contribution < -0.4 is 10.2 Å². The Morgan fingerprint density at radius 3 is 2.68 bits per heavy atom. The van der Waals surface area contributed by atoms with Gasteiger partial charge in [0.05, 0.1) is 0 Å². The Labute approximate surface area is 165 Å². The molecule has 1 N–H and O–H groups in total. The van der Waals surface area contributed by atoms with Crippen molar-refractivity contribution in [3.8, 4) is 0 Å². The van der Waals surface area contributed by atoms with Gasteiger partial charge in [0, 0.05) is 56.1 Å². The zero-order valence-electron chi connectivity index (χ0n) is 17.2. The van der Waals surface area contributed by atoms with Crippen LogP contribution in [0.1, 0.15) is 46.8 Å². The number of nitrogens with zero attached hydrogens (tertiary/aromatic N) is 4. The van der Waals surface area contributed by atoms with Crippen LogP contribution in [0.3, 0.4) is 0 Å². The van der Waals surface area contributed by atoms with Crippen LogP contribution in [0.4, 0.5) is 10.2 Å². The molecule has 1 fully saturated rings. The van der Waals surface area contributed by atoms with Gasteiger partial charge in [-0.1, -0.05) is 18.2 Å². The third kappa shape index (κ3) is 4.14. The van der Waals surface area contributed by atoms with Gasteiger partial charge in [-0.05, 0) is 33.3 Å². The standard InChI is InChI=1S/C21H28FN5O/c1-13-14(2)24-19(21(28)26(4)5)25-20(13)27-11-10-16(12-27)23-15(3)17-8-6-7-9-18(17)22/h6-9,15-16,23H,10-12H2,1-5H3/t15?,16-/m1/s1. The van der Waals surface area contributed by atoms with Gasteiger partial charge in [0.1, 0.15) is 11.6 Å². The molecule has 7 heteroatoms. The average molecular weight is 385 g/mol. The Kier molecular flexibility index (Phi) is 5.93. The number of hydrogen-bond acceptors (Lipinski definition) is 5. The molecule has 1 saturated heterocycles. The first kappa shape index (κ1) is 20.2. The molecule has 1 unspecified atom stereocenters. The van der Waals surface area contributed by atoms with Crippen LogP contribution in [-0.4, -0.2) is 54.0 Å². The highest BCUT2D eigenvalue weighted by Gasteiger charge is 2.28. The Balaban J connectivity index is 1.75. The molecule has 0 saturated carbocycles. The predicted molar refractivity (Wildman–Crippen MR) is 108 cm³/mol. The quantitative estimate of drug-likeness (QED) is 0.858. The number of aromatic nitrogens is 2. The van der Waals surface area contributed by atoms with Crippen molar-refractivity contribution in [3.05, 3.63) is 52.7 Å². The van der Waals surface area contributed by atoms with E-state index < -0.39 is 0 Å². The molecule has 6 nitrogen and oxygen atoms in total. The van der Waals surface area contributed by atoms with E-state index in [-0.39, 0.29) is 29.6 Å². The third-order valence-electron chi connectivity index (χ3n) is 5.31. The second-order valence-corrected chi connectivity index (χ2v) is 7.62. The normalized spacial score (nSPS) is 17.6. The number of benzene rings is 1. The van der Waals surface area contributed by atoms with Crippen molar-refractivity contribution >= 4 is 11.7 Å². The first-order chi connectivity index (χ1) is 13.3. The zero-order chi connectivity index (χ0) is 20.4. The molecule has 2 heterocycles. The van der Waals surface area contributed by atoms with E-state index in [1.165, 1.54) is 11.0 Å². The lowest BCUT2D eigenvalue weighted by atomic mass is 10.1. The molecule has 0 spiro atoms. The van der Waals surface area contributed by atoms with Crippen molar-refractivity contribution < 1.29 is 9.18 Å². The number of anilines is 1. The second kappa shape index (κ2) is 8.22. The van der Waals surface area contributed by atoms with E-state index in [1.807, 2.05) is 32.9 Å². The molecule has 0 radical (unpaired) electrons. The van der Waals surface area contributed by atoms with Gasteiger partial charge in [-0.15, -0.1) is 0 Å². The fourth-order valence-corrected chi connectivity index (χ4v) is 3.58. The molecule has 150 valence electrons. The van der Waals surface area contributed by atoms with Crippen molar-refractivity contribution in [2.24, 2.45) is 0 Å². The zero-order valence-corrected chi connectivity index (χ0v) is 17.2. The van der Waals surface area contributed by atoms with Gasteiger partial charge in [-0.3, -0.25) is 4.79 Å². The van der Waals surface area contributed by atoms with E-state index >= 15 is 0 Å². The van der Waals surface area contributed by atoms with Gasteiger partial charge in [0.2, 0.25) is 5.82 Å². The van der Waals surface area contributed by atoms with Crippen molar-refractivity contribution in [3.63, 3.8) is 0 Å². The lowest BCUT2D eigenvalue weighted by Gasteiger charge is -2.23. The SMILES string of the molecule is Cc1nc(C(=O)N(C)C)nc(N2CC[C@@H](NC(C)c3ccccc3F)C2)c1C. The highest BCUT2D eigenvalue weighted by Crippen LogP contribution is 2.26. The van der Waals surface area contributed by atoms with Gasteiger partial charge in [-0.25, -0.2) is 14.4 Å². The van der Waals surface area contributed by atoms with Crippen LogP contribution >= 0.6 is 0 Å². The lowest BCUT2D eigenvalue weighted by Crippen LogP contribution is -2.35. The molecular weight excluding hydrogens is 357 g/mol. The third-order valence-corrected chi connectivity index (χ3v) is 5.31. The number of halogens is 1. The summed E-state index contributed by atoms with van der Waals surface area (Å²) >= 11 is 0. The maximum absolute atomic E-state index is 14.0. The maximum Gasteiger partial charge on any atom is 0.291 e. The first-order valence-corrected chi connectivity index (χ1v) is 9.60. The Morgan fingerprint density at radius 2 is 2.00 bits per heavy atom. The molecule has 2 atom stereocenters. The average Bonchev–Trinajstić information content (AvgIpc) is 3.11. The number of carbonyl (C=O) groups excluding carboxylic acids is 1. The summed E-state index contributed by atoms with van der Waals surface area (Å²) < 4.78 is 14.0. The molecule has 1 aliphatic heterocycles. The van der Waals surface area contributed by atoms with Crippen LogP contribution in [0.2, 0.25) is 0 Å². The molecule has 0 bridgehead atoms. The van der Waals surface area contributed by atoms with Gasteiger partial charge in [-0.2, -0.15) is 0 Å². The number of nitrogens with one attached hydrogen (secondary N) is 1. The molecule has 2 aromatic rings. The molecule has 1 amide bonds. The summed E-state index contributed by atoms with van der Waals surface area (Å²) in [5, 5.41) is 3.53. The summed E-state index contributed by atoms with van der Waals surface area (Å²) in [6.07, 6.45) is 0.929. The fourth-order valence-electron chi connectivity index (χ4n) is 3.58. The van der Waals surface area contributed by atoms with Crippen LogP contribution in [0.25, 0.3) is 0 Å².